The zero-order valence-corrected chi connectivity index (χ0v) is 20.1. The Labute approximate surface area is 201 Å². The van der Waals surface area contributed by atoms with Gasteiger partial charge in [0.2, 0.25) is 0 Å². The largest absolute Gasteiger partial charge is 0.487 e. The molecule has 0 radical (unpaired) electrons. The fourth-order valence-corrected chi connectivity index (χ4v) is 4.86. The van der Waals surface area contributed by atoms with Crippen LogP contribution in [-0.4, -0.2) is 0 Å². The molecule has 3 aromatic rings. The van der Waals surface area contributed by atoms with E-state index in [0.717, 1.165) is 29.6 Å². The second kappa shape index (κ2) is 10.1. The van der Waals surface area contributed by atoms with E-state index in [1.807, 2.05) is 42.5 Å². The van der Waals surface area contributed by atoms with Crippen molar-refractivity contribution in [2.24, 2.45) is 0 Å². The molecule has 0 unspecified atom stereocenters. The fraction of sp³-hybridized carbons (Fsp3) is 0.0435. The molecular weight excluding hydrogens is 610 g/mol. The molecule has 3 rings (SSSR count). The minimum Gasteiger partial charge on any atom is -0.487 e. The minimum absolute atomic E-state index is 0.451. The topological polar surface area (TPSA) is 56.8 Å². The van der Waals surface area contributed by atoms with Crippen molar-refractivity contribution in [3.8, 4) is 17.9 Å². The first-order valence-electron chi connectivity index (χ1n) is 8.49. The average molecular weight is 623 g/mol. The summed E-state index contributed by atoms with van der Waals surface area (Å²) in [4.78, 5) is 0. The van der Waals surface area contributed by atoms with Crippen LogP contribution in [0.2, 0.25) is 5.02 Å². The number of nitriles is 2. The van der Waals surface area contributed by atoms with Crippen LogP contribution in [0.4, 0.5) is 0 Å². The lowest BCUT2D eigenvalue weighted by atomic mass is 10.0. The lowest BCUT2D eigenvalue weighted by Crippen LogP contribution is -1.99. The molecule has 0 N–H and O–H groups in total. The summed E-state index contributed by atoms with van der Waals surface area (Å²) in [6, 6.07) is 22.9. The molecule has 0 amide bonds. The molecule has 0 aromatic heterocycles. The van der Waals surface area contributed by atoms with Gasteiger partial charge in [-0.05, 0) is 104 Å². The van der Waals surface area contributed by atoms with Crippen LogP contribution in [0, 0.1) is 29.8 Å². The number of allylic oxidation sites excluding steroid dienone is 1. The number of halogens is 3. The van der Waals surface area contributed by atoms with E-state index in [-0.39, 0.29) is 0 Å². The molecule has 3 aromatic carbocycles. The van der Waals surface area contributed by atoms with E-state index in [1.165, 1.54) is 0 Å². The van der Waals surface area contributed by atoms with Crippen LogP contribution >= 0.6 is 56.8 Å². The number of hydrogen-bond acceptors (Lipinski definition) is 3. The van der Waals surface area contributed by atoms with Gasteiger partial charge in [-0.15, -0.1) is 0 Å². The summed E-state index contributed by atoms with van der Waals surface area (Å²) in [5.74, 6) is 0.815. The molecule has 0 spiro atoms. The molecule has 0 bridgehead atoms. The van der Waals surface area contributed by atoms with Crippen LogP contribution in [0.5, 0.6) is 5.75 Å². The van der Waals surface area contributed by atoms with Crippen LogP contribution in [0.15, 0.2) is 60.7 Å². The van der Waals surface area contributed by atoms with Crippen LogP contribution in [0.25, 0.3) is 11.6 Å². The summed E-state index contributed by atoms with van der Waals surface area (Å²) < 4.78 is 7.94. The van der Waals surface area contributed by atoms with Crippen molar-refractivity contribution in [2.45, 2.75) is 6.61 Å². The monoisotopic (exact) mass is 622 g/mol. The predicted molar refractivity (Wildman–Crippen MR) is 132 cm³/mol. The molecule has 29 heavy (non-hydrogen) atoms. The SMILES string of the molecule is N#C/C(=C/c1cc(I)c(OCc2ccc(Cl)cc2)c(I)c1)c1ccc(C#N)cc1. The second-order valence-corrected chi connectivity index (χ2v) is 8.85. The summed E-state index contributed by atoms with van der Waals surface area (Å²) in [6.45, 7) is 0.451. The van der Waals surface area contributed by atoms with Gasteiger partial charge in [-0.1, -0.05) is 35.9 Å². The third-order valence-electron chi connectivity index (χ3n) is 4.07. The van der Waals surface area contributed by atoms with Crippen LogP contribution < -0.4 is 4.74 Å². The lowest BCUT2D eigenvalue weighted by Gasteiger charge is -2.12. The zero-order chi connectivity index (χ0) is 20.8. The minimum atomic E-state index is 0.451. The van der Waals surface area contributed by atoms with E-state index in [4.69, 9.17) is 21.6 Å². The first-order chi connectivity index (χ1) is 14.0. The van der Waals surface area contributed by atoms with Crippen molar-refractivity contribution in [3.05, 3.63) is 95.1 Å². The highest BCUT2D eigenvalue weighted by atomic mass is 127. The van der Waals surface area contributed by atoms with Crippen molar-refractivity contribution < 1.29 is 4.74 Å². The first kappa shape index (κ1) is 21.6. The summed E-state index contributed by atoms with van der Waals surface area (Å²) in [5, 5.41) is 19.2. The second-order valence-electron chi connectivity index (χ2n) is 6.09. The quantitative estimate of drug-likeness (QED) is 0.174. The van der Waals surface area contributed by atoms with Gasteiger partial charge in [0.05, 0.1) is 30.4 Å². The summed E-state index contributed by atoms with van der Waals surface area (Å²) >= 11 is 10.4. The summed E-state index contributed by atoms with van der Waals surface area (Å²) in [6.07, 6.45) is 1.84. The van der Waals surface area contributed by atoms with Gasteiger partial charge in [-0.3, -0.25) is 0 Å². The standard InChI is InChI=1S/C23H13ClI2N2O/c24-20-7-3-16(4-8-20)14-29-23-21(25)10-17(11-22(23)26)9-19(13-28)18-5-1-15(12-27)2-6-18/h1-11H,14H2/b19-9-. The Hall–Kier alpha value is -2.07. The van der Waals surface area contributed by atoms with E-state index in [9.17, 15) is 5.26 Å². The van der Waals surface area contributed by atoms with E-state index in [2.05, 4.69) is 57.3 Å². The first-order valence-corrected chi connectivity index (χ1v) is 11.0. The zero-order valence-electron chi connectivity index (χ0n) is 15.0. The molecule has 6 heteroatoms. The predicted octanol–water partition coefficient (Wildman–Crippen LogP) is 7.06. The molecule has 0 atom stereocenters. The van der Waals surface area contributed by atoms with Crippen LogP contribution in [-0.2, 0) is 6.61 Å². The van der Waals surface area contributed by atoms with Gasteiger partial charge >= 0.3 is 0 Å². The van der Waals surface area contributed by atoms with Gasteiger partial charge in [0.1, 0.15) is 12.4 Å². The highest BCUT2D eigenvalue weighted by Crippen LogP contribution is 2.31. The van der Waals surface area contributed by atoms with Gasteiger partial charge in [0.15, 0.2) is 0 Å². The van der Waals surface area contributed by atoms with Crippen molar-refractivity contribution >= 4 is 68.4 Å². The number of nitrogens with zero attached hydrogens (tertiary/aromatic N) is 2. The Bertz CT molecular complexity index is 1120. The third kappa shape index (κ3) is 5.72. The smallest absolute Gasteiger partial charge is 0.146 e. The molecule has 0 aliphatic carbocycles. The number of ether oxygens (including phenoxy) is 1. The van der Waals surface area contributed by atoms with Crippen molar-refractivity contribution in [3.63, 3.8) is 0 Å². The average Bonchev–Trinajstić information content (AvgIpc) is 2.73. The maximum absolute atomic E-state index is 9.57. The number of hydrogen-bond donors (Lipinski definition) is 0. The molecule has 142 valence electrons. The highest BCUT2D eigenvalue weighted by molar-refractivity contribution is 14.1. The molecule has 3 nitrogen and oxygen atoms in total. The van der Waals surface area contributed by atoms with E-state index < -0.39 is 0 Å². The van der Waals surface area contributed by atoms with E-state index in [0.29, 0.717) is 22.8 Å². The van der Waals surface area contributed by atoms with Crippen LogP contribution in [0.3, 0.4) is 0 Å². The summed E-state index contributed by atoms with van der Waals surface area (Å²) in [7, 11) is 0. The van der Waals surface area contributed by atoms with E-state index >= 15 is 0 Å². The number of benzene rings is 3. The van der Waals surface area contributed by atoms with Gasteiger partial charge in [0.25, 0.3) is 0 Å². The Morgan fingerprint density at radius 3 is 2.14 bits per heavy atom. The molecule has 0 saturated heterocycles. The molecular formula is C23H13ClI2N2O. The van der Waals surface area contributed by atoms with Crippen molar-refractivity contribution in [2.75, 3.05) is 0 Å². The number of rotatable bonds is 5. The Morgan fingerprint density at radius 2 is 1.59 bits per heavy atom. The maximum atomic E-state index is 9.57. The molecule has 0 saturated carbocycles. The Balaban J connectivity index is 1.83. The molecule has 0 heterocycles. The van der Waals surface area contributed by atoms with E-state index in [1.54, 1.807) is 24.3 Å². The molecule has 0 aliphatic rings. The fourth-order valence-electron chi connectivity index (χ4n) is 2.61. The van der Waals surface area contributed by atoms with Gasteiger partial charge in [0, 0.05) is 5.02 Å². The van der Waals surface area contributed by atoms with Gasteiger partial charge in [-0.25, -0.2) is 0 Å². The van der Waals surface area contributed by atoms with Crippen molar-refractivity contribution in [1.82, 2.24) is 0 Å². The third-order valence-corrected chi connectivity index (χ3v) is 5.93. The Kier molecular flexibility index (Phi) is 7.54. The highest BCUT2D eigenvalue weighted by Gasteiger charge is 2.10. The van der Waals surface area contributed by atoms with Gasteiger partial charge in [-0.2, -0.15) is 10.5 Å². The van der Waals surface area contributed by atoms with Crippen LogP contribution in [0.1, 0.15) is 22.3 Å². The Morgan fingerprint density at radius 1 is 0.966 bits per heavy atom. The molecule has 0 aliphatic heterocycles. The van der Waals surface area contributed by atoms with Crippen molar-refractivity contribution in [1.29, 1.82) is 10.5 Å². The maximum Gasteiger partial charge on any atom is 0.146 e. The summed E-state index contributed by atoms with van der Waals surface area (Å²) in [5.41, 5.74) is 3.84. The van der Waals surface area contributed by atoms with Gasteiger partial charge < -0.3 is 4.74 Å². The normalized spacial score (nSPS) is 10.9. The molecule has 0 fully saturated rings. The lowest BCUT2D eigenvalue weighted by molar-refractivity contribution is 0.302.